The molecule has 7 nitrogen and oxygen atoms in total. The molecule has 1 fully saturated rings. The van der Waals surface area contributed by atoms with Crippen LogP contribution in [-0.4, -0.2) is 40.2 Å². The molecule has 3 unspecified atom stereocenters. The summed E-state index contributed by atoms with van der Waals surface area (Å²) >= 11 is 5.83. The van der Waals surface area contributed by atoms with Crippen LogP contribution in [0, 0.1) is 17.3 Å². The first kappa shape index (κ1) is 35.5. The number of hydrogen-bond donors (Lipinski definition) is 1. The van der Waals surface area contributed by atoms with E-state index in [1.807, 2.05) is 47.6 Å². The van der Waals surface area contributed by atoms with Crippen molar-refractivity contribution < 1.29 is 23.9 Å². The van der Waals surface area contributed by atoms with Crippen LogP contribution in [0.4, 0.5) is 0 Å². The summed E-state index contributed by atoms with van der Waals surface area (Å²) < 4.78 is 5.66. The lowest BCUT2D eigenvalue weighted by atomic mass is 10.1. The Kier molecular flexibility index (Phi) is 11.4. The minimum absolute atomic E-state index is 0.0570. The predicted octanol–water partition coefficient (Wildman–Crippen LogP) is 7.93. The molecular formula is C37H45ClN2O5. The molecule has 2 aliphatic carbocycles. The molecule has 4 rings (SSSR count). The van der Waals surface area contributed by atoms with E-state index in [2.05, 4.69) is 31.9 Å². The molecule has 1 N–H and O–H groups in total. The largest absolute Gasteiger partial charge is 0.457 e. The second-order valence-electron chi connectivity index (χ2n) is 13.4. The van der Waals surface area contributed by atoms with E-state index in [9.17, 15) is 19.2 Å². The van der Waals surface area contributed by atoms with Crippen LogP contribution in [0.3, 0.4) is 0 Å². The number of ether oxygens (including phenoxy) is 1. The monoisotopic (exact) mass is 632 g/mol. The maximum Gasteiger partial charge on any atom is 0.310 e. The Balaban J connectivity index is 0.000000246. The molecule has 0 bridgehead atoms. The molecule has 0 spiro atoms. The molecular weight excluding hydrogens is 588 g/mol. The number of halogens is 1. The summed E-state index contributed by atoms with van der Waals surface area (Å²) in [6.07, 6.45) is 4.31. The summed E-state index contributed by atoms with van der Waals surface area (Å²) in [5.74, 6) is -0.593. The summed E-state index contributed by atoms with van der Waals surface area (Å²) in [5.41, 5.74) is 5.86. The van der Waals surface area contributed by atoms with Gasteiger partial charge < -0.3 is 4.74 Å². The Bertz CT molecular complexity index is 1500. The number of hydrogen-bond acceptors (Lipinski definition) is 5. The van der Waals surface area contributed by atoms with Gasteiger partial charge in [0.2, 0.25) is 0 Å². The summed E-state index contributed by atoms with van der Waals surface area (Å²) in [4.78, 5) is 49.6. The van der Waals surface area contributed by atoms with E-state index < -0.39 is 11.6 Å². The lowest BCUT2D eigenvalue weighted by molar-refractivity contribution is -0.150. The van der Waals surface area contributed by atoms with Crippen LogP contribution < -0.4 is 5.43 Å². The zero-order valence-electron chi connectivity index (χ0n) is 27.6. The molecule has 8 heteroatoms. The summed E-state index contributed by atoms with van der Waals surface area (Å²) in [5, 5.41) is 1.90. The maximum absolute atomic E-state index is 12.7. The van der Waals surface area contributed by atoms with E-state index in [4.69, 9.17) is 16.3 Å². The number of Topliss-reactive ketones (excluding diaryl/α,β-unsaturated/α-hetero) is 1. The smallest absolute Gasteiger partial charge is 0.310 e. The van der Waals surface area contributed by atoms with E-state index in [1.54, 1.807) is 54.6 Å². The van der Waals surface area contributed by atoms with Crippen molar-refractivity contribution in [1.82, 2.24) is 10.4 Å². The Morgan fingerprint density at radius 2 is 1.64 bits per heavy atom. The molecule has 0 aromatic heterocycles. The van der Waals surface area contributed by atoms with Gasteiger partial charge in [0.25, 0.3) is 11.8 Å². The highest BCUT2D eigenvalue weighted by molar-refractivity contribution is 6.30. The lowest BCUT2D eigenvalue weighted by Crippen LogP contribution is -2.55. The number of rotatable bonds is 7. The lowest BCUT2D eigenvalue weighted by Gasteiger charge is -2.35. The second-order valence-corrected chi connectivity index (χ2v) is 13.8. The number of benzene rings is 2. The van der Waals surface area contributed by atoms with Gasteiger partial charge in [-0.25, -0.2) is 5.01 Å². The molecule has 0 saturated heterocycles. The number of amides is 2. The van der Waals surface area contributed by atoms with Crippen LogP contribution in [0.25, 0.3) is 0 Å². The van der Waals surface area contributed by atoms with E-state index in [1.165, 1.54) is 10.6 Å². The van der Waals surface area contributed by atoms with Crippen LogP contribution >= 0.6 is 11.6 Å². The number of ketones is 1. The molecule has 0 heterocycles. The van der Waals surface area contributed by atoms with Crippen LogP contribution in [0.5, 0.6) is 0 Å². The average molecular weight is 633 g/mol. The second kappa shape index (κ2) is 14.4. The normalized spacial score (nSPS) is 19.9. The molecule has 0 radical (unpaired) electrons. The number of nitrogens with one attached hydrogen (secondary N) is 1. The third-order valence-corrected chi connectivity index (χ3v) is 8.42. The summed E-state index contributed by atoms with van der Waals surface area (Å²) in [7, 11) is 0. The number of esters is 1. The number of nitrogens with zero attached hydrogens (tertiary/aromatic N) is 1. The highest BCUT2D eigenvalue weighted by Crippen LogP contribution is 2.60. The van der Waals surface area contributed by atoms with Crippen molar-refractivity contribution in [3.8, 4) is 0 Å². The highest BCUT2D eigenvalue weighted by Gasteiger charge is 2.61. The van der Waals surface area contributed by atoms with Crippen molar-refractivity contribution in [3.63, 3.8) is 0 Å². The standard InChI is InChI=1S/C19H26O3.C18H19ClN2O2/c1-7-8-13-12(4)16(10-15(13)20)22-18(21)17-14(9-11(2)3)19(17,5)6;1-18(2,3)21(17(23)14-7-5-4-6-8-14)20-16(22)13-9-11-15(19)12-10-13/h7,9,14,16-17H,1,8,10H2,2-6H3;4-12H,1-3H3,(H,20,22). The van der Waals surface area contributed by atoms with Gasteiger partial charge in [0, 0.05) is 21.7 Å². The van der Waals surface area contributed by atoms with Crippen molar-refractivity contribution in [2.24, 2.45) is 17.3 Å². The quantitative estimate of drug-likeness (QED) is 0.190. The predicted molar refractivity (Wildman–Crippen MR) is 178 cm³/mol. The van der Waals surface area contributed by atoms with Crippen molar-refractivity contribution in [2.45, 2.75) is 79.9 Å². The Labute approximate surface area is 272 Å². The molecule has 0 aliphatic heterocycles. The van der Waals surface area contributed by atoms with Crippen LogP contribution in [0.1, 0.15) is 88.9 Å². The van der Waals surface area contributed by atoms with Crippen molar-refractivity contribution in [3.05, 3.63) is 106 Å². The van der Waals surface area contributed by atoms with E-state index >= 15 is 0 Å². The van der Waals surface area contributed by atoms with Crippen molar-refractivity contribution in [1.29, 1.82) is 0 Å². The molecule has 2 aromatic rings. The van der Waals surface area contributed by atoms with Gasteiger partial charge in [-0.05, 0) is 101 Å². The van der Waals surface area contributed by atoms with Crippen molar-refractivity contribution >= 4 is 35.2 Å². The first-order valence-electron chi connectivity index (χ1n) is 15.1. The van der Waals surface area contributed by atoms with Gasteiger partial charge in [0.15, 0.2) is 5.78 Å². The van der Waals surface area contributed by atoms with Gasteiger partial charge in [-0.3, -0.25) is 24.6 Å². The van der Waals surface area contributed by atoms with Gasteiger partial charge in [-0.1, -0.05) is 61.4 Å². The summed E-state index contributed by atoms with van der Waals surface area (Å²) in [6, 6.07) is 15.4. The fourth-order valence-electron chi connectivity index (χ4n) is 5.42. The van der Waals surface area contributed by atoms with E-state index in [0.29, 0.717) is 22.6 Å². The minimum Gasteiger partial charge on any atom is -0.457 e. The van der Waals surface area contributed by atoms with E-state index in [-0.39, 0.29) is 47.2 Å². The highest BCUT2D eigenvalue weighted by atomic mass is 35.5. The van der Waals surface area contributed by atoms with Gasteiger partial charge in [0.1, 0.15) is 6.10 Å². The fraction of sp³-hybridized carbons (Fsp3) is 0.405. The van der Waals surface area contributed by atoms with E-state index in [0.717, 1.165) is 11.1 Å². The fourth-order valence-corrected chi connectivity index (χ4v) is 5.55. The number of allylic oxidation sites excluding steroid dienone is 4. The first-order valence-corrected chi connectivity index (χ1v) is 15.5. The molecule has 2 aromatic carbocycles. The van der Waals surface area contributed by atoms with Crippen LogP contribution in [-0.2, 0) is 14.3 Å². The average Bonchev–Trinajstić information content (AvgIpc) is 3.40. The minimum atomic E-state index is -0.574. The Morgan fingerprint density at radius 1 is 1.04 bits per heavy atom. The molecule has 2 aliphatic rings. The van der Waals surface area contributed by atoms with Gasteiger partial charge in [-0.15, -0.1) is 6.58 Å². The number of carbonyl (C=O) groups is 4. The summed E-state index contributed by atoms with van der Waals surface area (Å²) in [6.45, 7) is 19.4. The molecule has 240 valence electrons. The molecule has 3 atom stereocenters. The zero-order chi connectivity index (χ0) is 33.7. The van der Waals surface area contributed by atoms with Gasteiger partial charge >= 0.3 is 5.97 Å². The maximum atomic E-state index is 12.7. The van der Waals surface area contributed by atoms with Crippen molar-refractivity contribution in [2.75, 3.05) is 0 Å². The van der Waals surface area contributed by atoms with Gasteiger partial charge in [-0.2, -0.15) is 0 Å². The van der Waals surface area contributed by atoms with Crippen LogP contribution in [0.2, 0.25) is 5.02 Å². The van der Waals surface area contributed by atoms with Crippen LogP contribution in [0.15, 0.2) is 90.0 Å². The zero-order valence-corrected chi connectivity index (χ0v) is 28.3. The Morgan fingerprint density at radius 3 is 2.18 bits per heavy atom. The third-order valence-electron chi connectivity index (χ3n) is 8.17. The first-order chi connectivity index (χ1) is 21.0. The number of hydrazine groups is 1. The SMILES string of the molecule is C=CCC1=C(C)C(OC(=O)C2C(C=C(C)C)C2(C)C)CC1=O.CC(C)(C)N(NC(=O)c1ccc(Cl)cc1)C(=O)c1ccccc1. The Hall–Kier alpha value is -3.97. The molecule has 2 amide bonds. The number of carbonyl (C=O) groups excluding carboxylic acids is 4. The third kappa shape index (κ3) is 8.82. The topological polar surface area (TPSA) is 92.8 Å². The molecule has 1 saturated carbocycles. The van der Waals surface area contributed by atoms with Gasteiger partial charge in [0.05, 0.1) is 17.9 Å². The molecule has 45 heavy (non-hydrogen) atoms.